The number of amides is 1. The van der Waals surface area contributed by atoms with Gasteiger partial charge in [0.25, 0.3) is 11.8 Å². The van der Waals surface area contributed by atoms with Crippen LogP contribution < -0.4 is 14.8 Å². The van der Waals surface area contributed by atoms with Gasteiger partial charge < -0.3 is 14.8 Å². The van der Waals surface area contributed by atoms with Crippen LogP contribution in [0.4, 0.5) is 5.69 Å². The van der Waals surface area contributed by atoms with E-state index in [2.05, 4.69) is 15.3 Å². The molecule has 1 heterocycles. The average molecular weight is 484 g/mol. The molecule has 0 radical (unpaired) electrons. The first-order valence-electron chi connectivity index (χ1n) is 9.64. The second-order valence-corrected chi connectivity index (χ2v) is 9.47. The van der Waals surface area contributed by atoms with Crippen molar-refractivity contribution in [1.29, 1.82) is 0 Å². The van der Waals surface area contributed by atoms with E-state index >= 15 is 0 Å². The van der Waals surface area contributed by atoms with Crippen molar-refractivity contribution in [3.8, 4) is 17.4 Å². The Morgan fingerprint density at radius 2 is 1.67 bits per heavy atom. The van der Waals surface area contributed by atoms with Crippen molar-refractivity contribution in [3.05, 3.63) is 77.4 Å². The molecule has 0 fully saturated rings. The Morgan fingerprint density at radius 1 is 0.939 bits per heavy atom. The maximum absolute atomic E-state index is 13.1. The van der Waals surface area contributed by atoms with Crippen LogP contribution in [0.25, 0.3) is 11.0 Å². The molecular weight excluding hydrogens is 466 g/mol. The van der Waals surface area contributed by atoms with Crippen molar-refractivity contribution in [2.24, 2.45) is 0 Å². The number of anilines is 1. The number of halogens is 1. The molecule has 0 aliphatic carbocycles. The summed E-state index contributed by atoms with van der Waals surface area (Å²) in [7, 11) is -1.98. The van der Waals surface area contributed by atoms with Gasteiger partial charge in [0.15, 0.2) is 27.0 Å². The third-order valence-corrected chi connectivity index (χ3v) is 5.95. The number of carbonyl (C=O) groups excluding carboxylic acids is 1. The third-order valence-electron chi connectivity index (χ3n) is 4.61. The Hall–Kier alpha value is -3.69. The maximum atomic E-state index is 13.1. The molecule has 0 bridgehead atoms. The number of ether oxygens (including phenoxy) is 2. The van der Waals surface area contributed by atoms with E-state index in [0.717, 1.165) is 6.26 Å². The summed E-state index contributed by atoms with van der Waals surface area (Å²) in [6, 6.07) is 17.7. The normalized spacial score (nSPS) is 11.2. The lowest BCUT2D eigenvalue weighted by Gasteiger charge is -2.13. The zero-order valence-corrected chi connectivity index (χ0v) is 19.1. The molecule has 3 aromatic carbocycles. The Balaban J connectivity index is 1.76. The summed E-state index contributed by atoms with van der Waals surface area (Å²) in [5.41, 5.74) is 1.21. The van der Waals surface area contributed by atoms with Gasteiger partial charge in [0, 0.05) is 23.0 Å². The Morgan fingerprint density at radius 3 is 2.36 bits per heavy atom. The van der Waals surface area contributed by atoms with Gasteiger partial charge in [-0.05, 0) is 42.5 Å². The van der Waals surface area contributed by atoms with Gasteiger partial charge in [0.2, 0.25) is 0 Å². The first-order valence-corrected chi connectivity index (χ1v) is 11.9. The first kappa shape index (κ1) is 22.5. The van der Waals surface area contributed by atoms with E-state index in [-0.39, 0.29) is 22.2 Å². The highest BCUT2D eigenvalue weighted by Gasteiger charge is 2.21. The lowest BCUT2D eigenvalue weighted by Crippen LogP contribution is -2.16. The molecule has 0 aliphatic rings. The minimum absolute atomic E-state index is 0.0499. The molecule has 1 aromatic heterocycles. The monoisotopic (exact) mass is 483 g/mol. The molecule has 10 heteroatoms. The van der Waals surface area contributed by atoms with E-state index in [1.807, 2.05) is 0 Å². The standard InChI is InChI=1S/C23H18ClN3O5S/c1-31-20-12-14(24)10-11-19(20)32-23-21(26-17-8-3-4-9-18(17)27-23)22(28)25-15-6-5-7-16(13-15)33(2,29)30/h3-13H,1-2H3,(H,25,28). The number of methoxy groups -OCH3 is 1. The van der Waals surface area contributed by atoms with Crippen LogP contribution in [-0.4, -0.2) is 37.7 Å². The number of benzene rings is 3. The number of nitrogens with zero attached hydrogens (tertiary/aromatic N) is 2. The molecular formula is C23H18ClN3O5S. The molecule has 1 N–H and O–H groups in total. The zero-order chi connectivity index (χ0) is 23.6. The van der Waals surface area contributed by atoms with Gasteiger partial charge >= 0.3 is 0 Å². The van der Waals surface area contributed by atoms with Crippen LogP contribution in [0.15, 0.2) is 71.6 Å². The van der Waals surface area contributed by atoms with Gasteiger partial charge in [-0.1, -0.05) is 29.8 Å². The van der Waals surface area contributed by atoms with E-state index in [4.69, 9.17) is 21.1 Å². The van der Waals surface area contributed by atoms with Crippen LogP contribution in [0.3, 0.4) is 0 Å². The largest absolute Gasteiger partial charge is 0.493 e. The fourth-order valence-electron chi connectivity index (χ4n) is 3.03. The summed E-state index contributed by atoms with van der Waals surface area (Å²) in [5, 5.41) is 3.11. The number of carbonyl (C=O) groups is 1. The lowest BCUT2D eigenvalue weighted by atomic mass is 10.2. The van der Waals surface area contributed by atoms with Crippen molar-refractivity contribution in [3.63, 3.8) is 0 Å². The van der Waals surface area contributed by atoms with Crippen LogP contribution in [0.1, 0.15) is 10.5 Å². The fourth-order valence-corrected chi connectivity index (χ4v) is 3.86. The number of para-hydroxylation sites is 2. The van der Waals surface area contributed by atoms with Gasteiger partial charge in [0.1, 0.15) is 0 Å². The summed E-state index contributed by atoms with van der Waals surface area (Å²) in [6.45, 7) is 0. The summed E-state index contributed by atoms with van der Waals surface area (Å²) in [5.74, 6) is -0.0304. The summed E-state index contributed by atoms with van der Waals surface area (Å²) in [6.07, 6.45) is 1.09. The Labute approximate surface area is 195 Å². The number of hydrogen-bond acceptors (Lipinski definition) is 7. The topological polar surface area (TPSA) is 107 Å². The first-order chi connectivity index (χ1) is 15.7. The van der Waals surface area contributed by atoms with Crippen molar-refractivity contribution in [2.75, 3.05) is 18.7 Å². The molecule has 0 atom stereocenters. The summed E-state index contributed by atoms with van der Waals surface area (Å²) >= 11 is 6.02. The van der Waals surface area contributed by atoms with Crippen LogP contribution in [0, 0.1) is 0 Å². The molecule has 0 saturated carbocycles. The predicted octanol–water partition coefficient (Wildman–Crippen LogP) is 4.74. The van der Waals surface area contributed by atoms with Crippen LogP contribution in [0.5, 0.6) is 17.4 Å². The second kappa shape index (κ2) is 9.05. The number of aromatic nitrogens is 2. The summed E-state index contributed by atoms with van der Waals surface area (Å²) in [4.78, 5) is 22.1. The minimum Gasteiger partial charge on any atom is -0.493 e. The molecule has 168 valence electrons. The molecule has 8 nitrogen and oxygen atoms in total. The van der Waals surface area contributed by atoms with Crippen LogP contribution in [-0.2, 0) is 9.84 Å². The van der Waals surface area contributed by atoms with Gasteiger partial charge in [-0.15, -0.1) is 0 Å². The minimum atomic E-state index is -3.44. The van der Waals surface area contributed by atoms with Gasteiger partial charge in [-0.2, -0.15) is 0 Å². The molecule has 4 rings (SSSR count). The third kappa shape index (κ3) is 5.05. The molecule has 33 heavy (non-hydrogen) atoms. The average Bonchev–Trinajstić information content (AvgIpc) is 2.79. The summed E-state index contributed by atoms with van der Waals surface area (Å²) < 4.78 is 34.9. The Bertz CT molecular complexity index is 1470. The van der Waals surface area contributed by atoms with Crippen LogP contribution >= 0.6 is 11.6 Å². The number of nitrogens with one attached hydrogen (secondary N) is 1. The number of hydrogen-bond donors (Lipinski definition) is 1. The van der Waals surface area contributed by atoms with E-state index in [1.165, 1.54) is 25.3 Å². The molecule has 0 saturated heterocycles. The molecule has 1 amide bonds. The molecule has 0 unspecified atom stereocenters. The van der Waals surface area contributed by atoms with Crippen LogP contribution in [0.2, 0.25) is 5.02 Å². The zero-order valence-electron chi connectivity index (χ0n) is 17.6. The van der Waals surface area contributed by atoms with E-state index in [0.29, 0.717) is 27.6 Å². The molecule has 4 aromatic rings. The highest BCUT2D eigenvalue weighted by molar-refractivity contribution is 7.90. The van der Waals surface area contributed by atoms with E-state index < -0.39 is 15.7 Å². The second-order valence-electron chi connectivity index (χ2n) is 7.02. The number of fused-ring (bicyclic) bond motifs is 1. The van der Waals surface area contributed by atoms with E-state index in [9.17, 15) is 13.2 Å². The molecule has 0 aliphatic heterocycles. The highest BCUT2D eigenvalue weighted by Crippen LogP contribution is 2.34. The van der Waals surface area contributed by atoms with Crippen molar-refractivity contribution >= 4 is 44.1 Å². The fraction of sp³-hybridized carbons (Fsp3) is 0.0870. The van der Waals surface area contributed by atoms with Crippen molar-refractivity contribution in [1.82, 2.24) is 9.97 Å². The Kier molecular flexibility index (Phi) is 6.17. The van der Waals surface area contributed by atoms with Gasteiger partial charge in [-0.3, -0.25) is 4.79 Å². The van der Waals surface area contributed by atoms with Gasteiger partial charge in [-0.25, -0.2) is 18.4 Å². The quantitative estimate of drug-likeness (QED) is 0.422. The SMILES string of the molecule is COc1cc(Cl)ccc1Oc1nc2ccccc2nc1C(=O)Nc1cccc(S(C)(=O)=O)c1. The highest BCUT2D eigenvalue weighted by atomic mass is 35.5. The van der Waals surface area contributed by atoms with E-state index in [1.54, 1.807) is 48.5 Å². The lowest BCUT2D eigenvalue weighted by molar-refractivity contribution is 0.101. The van der Waals surface area contributed by atoms with Crippen molar-refractivity contribution < 1.29 is 22.7 Å². The predicted molar refractivity (Wildman–Crippen MR) is 125 cm³/mol. The van der Waals surface area contributed by atoms with Crippen molar-refractivity contribution in [2.45, 2.75) is 4.90 Å². The maximum Gasteiger partial charge on any atom is 0.279 e. The number of sulfone groups is 1. The van der Waals surface area contributed by atoms with Gasteiger partial charge in [0.05, 0.1) is 23.0 Å². The molecule has 0 spiro atoms. The smallest absolute Gasteiger partial charge is 0.279 e. The number of rotatable bonds is 6.